The number of nitrogens with zero attached hydrogens (tertiary/aromatic N) is 2. The molecule has 2 aromatic rings. The van der Waals surface area contributed by atoms with Crippen molar-refractivity contribution in [1.82, 2.24) is 4.98 Å². The highest BCUT2D eigenvalue weighted by molar-refractivity contribution is 5.98. The number of nitrogens with two attached hydrogens (primary N) is 1. The molecular weight excluding hydrogens is 338 g/mol. The van der Waals surface area contributed by atoms with Crippen LogP contribution in [-0.2, 0) is 19.3 Å². The van der Waals surface area contributed by atoms with Gasteiger partial charge < -0.3 is 15.7 Å². The molecule has 0 unspecified atom stereocenters. The van der Waals surface area contributed by atoms with Crippen LogP contribution in [0.2, 0.25) is 0 Å². The maximum atomic E-state index is 12.1. The van der Waals surface area contributed by atoms with Crippen LogP contribution in [0.25, 0.3) is 0 Å². The molecule has 0 radical (unpaired) electrons. The van der Waals surface area contributed by atoms with E-state index in [1.165, 1.54) is 5.56 Å². The van der Waals surface area contributed by atoms with E-state index < -0.39 is 5.91 Å². The van der Waals surface area contributed by atoms with E-state index in [0.717, 1.165) is 56.3 Å². The third kappa shape index (κ3) is 3.56. The fourth-order valence-corrected chi connectivity index (χ4v) is 4.63. The van der Waals surface area contributed by atoms with E-state index in [-0.39, 0.29) is 12.0 Å². The number of anilines is 1. The molecule has 5 heteroatoms. The van der Waals surface area contributed by atoms with Gasteiger partial charge in [-0.15, -0.1) is 0 Å². The van der Waals surface area contributed by atoms with Gasteiger partial charge in [-0.25, -0.2) is 4.98 Å². The highest BCUT2D eigenvalue weighted by atomic mass is 16.3. The molecular formula is C22H27N3O2. The van der Waals surface area contributed by atoms with Crippen LogP contribution in [0, 0.1) is 5.41 Å². The summed E-state index contributed by atoms with van der Waals surface area (Å²) in [6, 6.07) is 12.2. The second-order valence-electron chi connectivity index (χ2n) is 8.03. The monoisotopic (exact) mass is 365 g/mol. The molecule has 0 saturated carbocycles. The van der Waals surface area contributed by atoms with Crippen LogP contribution >= 0.6 is 0 Å². The highest BCUT2D eigenvalue weighted by Crippen LogP contribution is 2.37. The van der Waals surface area contributed by atoms with Gasteiger partial charge in [0.25, 0.3) is 5.91 Å². The lowest BCUT2D eigenvalue weighted by Gasteiger charge is -2.43. The Balaban J connectivity index is 1.65. The van der Waals surface area contributed by atoms with Crippen molar-refractivity contribution in [3.63, 3.8) is 0 Å². The van der Waals surface area contributed by atoms with E-state index >= 15 is 0 Å². The van der Waals surface area contributed by atoms with E-state index in [2.05, 4.69) is 17.0 Å². The summed E-state index contributed by atoms with van der Waals surface area (Å²) in [6.07, 6.45) is 5.76. The number of rotatable bonds is 5. The van der Waals surface area contributed by atoms with Crippen LogP contribution in [-0.4, -0.2) is 35.7 Å². The number of aliphatic hydroxyl groups excluding tert-OH is 1. The number of benzene rings is 1. The largest absolute Gasteiger partial charge is 0.396 e. The Hall–Kier alpha value is -2.40. The topological polar surface area (TPSA) is 79.5 Å². The van der Waals surface area contributed by atoms with Crippen molar-refractivity contribution in [2.45, 2.75) is 38.5 Å². The molecule has 142 valence electrons. The molecule has 3 N–H and O–H groups in total. The number of hydrogen-bond donors (Lipinski definition) is 2. The van der Waals surface area contributed by atoms with Gasteiger partial charge in [0.1, 0.15) is 5.82 Å². The van der Waals surface area contributed by atoms with Crippen LogP contribution < -0.4 is 10.6 Å². The summed E-state index contributed by atoms with van der Waals surface area (Å²) in [6.45, 7) is 1.64. The number of pyridine rings is 1. The van der Waals surface area contributed by atoms with Gasteiger partial charge in [0, 0.05) is 24.2 Å². The minimum absolute atomic E-state index is 0.120. The minimum Gasteiger partial charge on any atom is -0.396 e. The zero-order chi connectivity index (χ0) is 18.9. The first kappa shape index (κ1) is 18.0. The van der Waals surface area contributed by atoms with Crippen LogP contribution in [0.4, 0.5) is 5.82 Å². The van der Waals surface area contributed by atoms with Gasteiger partial charge in [0.15, 0.2) is 0 Å². The van der Waals surface area contributed by atoms with Crippen LogP contribution in [0.3, 0.4) is 0 Å². The fourth-order valence-electron chi connectivity index (χ4n) is 4.63. The number of carbonyl (C=O) groups is 1. The Morgan fingerprint density at radius 2 is 2.04 bits per heavy atom. The summed E-state index contributed by atoms with van der Waals surface area (Å²) in [4.78, 5) is 19.1. The molecule has 1 fully saturated rings. The maximum absolute atomic E-state index is 12.1. The molecule has 1 aromatic heterocycles. The Morgan fingerprint density at radius 1 is 1.22 bits per heavy atom. The number of primary amides is 1. The van der Waals surface area contributed by atoms with E-state index in [1.54, 1.807) is 0 Å². The predicted molar refractivity (Wildman–Crippen MR) is 106 cm³/mol. The minimum atomic E-state index is -0.421. The van der Waals surface area contributed by atoms with Gasteiger partial charge >= 0.3 is 0 Å². The van der Waals surface area contributed by atoms with Crippen LogP contribution in [0.5, 0.6) is 0 Å². The molecule has 1 aliphatic carbocycles. The summed E-state index contributed by atoms with van der Waals surface area (Å²) in [5, 5.41) is 10.3. The molecule has 27 heavy (non-hydrogen) atoms. The lowest BCUT2D eigenvalue weighted by Crippen LogP contribution is -2.47. The van der Waals surface area contributed by atoms with Crippen molar-refractivity contribution in [2.75, 3.05) is 24.6 Å². The van der Waals surface area contributed by atoms with Crippen molar-refractivity contribution in [2.24, 2.45) is 11.1 Å². The van der Waals surface area contributed by atoms with E-state index in [0.29, 0.717) is 17.9 Å². The third-order valence-electron chi connectivity index (χ3n) is 6.01. The van der Waals surface area contributed by atoms with Crippen LogP contribution in [0.15, 0.2) is 36.4 Å². The molecule has 0 bridgehead atoms. The number of aromatic nitrogens is 1. The van der Waals surface area contributed by atoms with Gasteiger partial charge in [0.05, 0.1) is 12.2 Å². The van der Waals surface area contributed by atoms with E-state index in [9.17, 15) is 9.90 Å². The number of fused-ring (bicyclic) bond motifs is 1. The van der Waals surface area contributed by atoms with Gasteiger partial charge in [-0.3, -0.25) is 4.79 Å². The first-order valence-electron chi connectivity index (χ1n) is 9.83. The summed E-state index contributed by atoms with van der Waals surface area (Å²) in [5.41, 5.74) is 9.45. The molecule has 5 nitrogen and oxygen atoms in total. The number of carbonyl (C=O) groups excluding carboxylic acids is 1. The molecule has 0 spiro atoms. The predicted octanol–water partition coefficient (Wildman–Crippen LogP) is 2.49. The van der Waals surface area contributed by atoms with Gasteiger partial charge in [-0.05, 0) is 55.7 Å². The lowest BCUT2D eigenvalue weighted by atomic mass is 9.75. The van der Waals surface area contributed by atoms with Gasteiger partial charge in [0.2, 0.25) is 0 Å². The van der Waals surface area contributed by atoms with Crippen molar-refractivity contribution >= 4 is 11.7 Å². The SMILES string of the molecule is NC(=O)c1cc2c(nc1N1CCC[C@@](CO)(Cc3ccccc3)C1)CCC2. The first-order chi connectivity index (χ1) is 13.1. The summed E-state index contributed by atoms with van der Waals surface area (Å²) in [5.74, 6) is 0.282. The number of amides is 1. The second-order valence-corrected chi connectivity index (χ2v) is 8.03. The first-order valence-corrected chi connectivity index (χ1v) is 9.83. The molecule has 1 saturated heterocycles. The average Bonchev–Trinajstić information content (AvgIpc) is 3.15. The van der Waals surface area contributed by atoms with E-state index in [1.807, 2.05) is 24.3 Å². The standard InChI is InChI=1S/C22H27N3O2/c23-20(27)18-12-17-8-4-9-19(17)24-21(18)25-11-5-10-22(14-25,15-26)13-16-6-2-1-3-7-16/h1-3,6-7,12,26H,4-5,8-11,13-15H2,(H2,23,27)/t22-/m1/s1. The van der Waals surface area contributed by atoms with E-state index in [4.69, 9.17) is 10.7 Å². The number of aliphatic hydroxyl groups is 1. The fraction of sp³-hybridized carbons (Fsp3) is 0.455. The van der Waals surface area contributed by atoms with Crippen LogP contribution in [0.1, 0.15) is 46.4 Å². The molecule has 2 aliphatic rings. The van der Waals surface area contributed by atoms with Crippen molar-refractivity contribution in [1.29, 1.82) is 0 Å². The number of piperidine rings is 1. The van der Waals surface area contributed by atoms with Gasteiger partial charge in [-0.1, -0.05) is 30.3 Å². The molecule has 1 aromatic carbocycles. The van der Waals surface area contributed by atoms with Crippen molar-refractivity contribution in [3.05, 3.63) is 58.8 Å². The molecule has 2 heterocycles. The highest BCUT2D eigenvalue weighted by Gasteiger charge is 2.37. The Labute approximate surface area is 160 Å². The summed E-state index contributed by atoms with van der Waals surface area (Å²) >= 11 is 0. The lowest BCUT2D eigenvalue weighted by molar-refractivity contribution is 0.0994. The smallest absolute Gasteiger partial charge is 0.252 e. The Kier molecular flexibility index (Phi) is 4.87. The number of aryl methyl sites for hydroxylation is 2. The summed E-state index contributed by atoms with van der Waals surface area (Å²) in [7, 11) is 0. The van der Waals surface area contributed by atoms with Crippen molar-refractivity contribution < 1.29 is 9.90 Å². The quantitative estimate of drug-likeness (QED) is 0.853. The van der Waals surface area contributed by atoms with Crippen molar-refractivity contribution in [3.8, 4) is 0 Å². The second kappa shape index (κ2) is 7.31. The van der Waals surface area contributed by atoms with Gasteiger partial charge in [-0.2, -0.15) is 0 Å². The maximum Gasteiger partial charge on any atom is 0.252 e. The molecule has 1 aliphatic heterocycles. The zero-order valence-electron chi connectivity index (χ0n) is 15.7. The Bertz CT molecular complexity index is 837. The molecule has 1 amide bonds. The molecule has 4 rings (SSSR count). The number of hydrogen-bond acceptors (Lipinski definition) is 4. The Morgan fingerprint density at radius 3 is 2.78 bits per heavy atom. The normalized spacial score (nSPS) is 21.9. The molecule has 1 atom stereocenters. The average molecular weight is 365 g/mol. The third-order valence-corrected chi connectivity index (χ3v) is 6.01. The summed E-state index contributed by atoms with van der Waals surface area (Å²) < 4.78 is 0. The zero-order valence-corrected chi connectivity index (χ0v) is 15.7.